The fraction of sp³-hybridized carbons (Fsp3) is 0.577. The number of ether oxygens (including phenoxy) is 1. The second-order valence-electron chi connectivity index (χ2n) is 10.0. The van der Waals surface area contributed by atoms with Crippen LogP contribution in [0, 0.1) is 12.3 Å². The molecule has 172 valence electrons. The Bertz CT molecular complexity index is 940. The highest BCUT2D eigenvalue weighted by atomic mass is 16.5. The van der Waals surface area contributed by atoms with Crippen molar-refractivity contribution in [2.24, 2.45) is 5.41 Å². The molecule has 1 atom stereocenters. The number of aryl methyl sites for hydroxylation is 1. The van der Waals surface area contributed by atoms with Crippen LogP contribution in [0.3, 0.4) is 0 Å². The van der Waals surface area contributed by atoms with E-state index in [1.165, 1.54) is 5.56 Å². The molecule has 0 radical (unpaired) electrons. The highest BCUT2D eigenvalue weighted by molar-refractivity contribution is 5.83. The summed E-state index contributed by atoms with van der Waals surface area (Å²) in [4.78, 5) is 27.9. The van der Waals surface area contributed by atoms with E-state index in [0.717, 1.165) is 56.0 Å². The molecule has 2 aliphatic heterocycles. The molecule has 32 heavy (non-hydrogen) atoms. The Balaban J connectivity index is 1.60. The van der Waals surface area contributed by atoms with Gasteiger partial charge in [-0.1, -0.05) is 37.3 Å². The van der Waals surface area contributed by atoms with Crippen molar-refractivity contribution in [3.05, 3.63) is 53.5 Å². The molecule has 0 bridgehead atoms. The first kappa shape index (κ1) is 22.7. The number of carbonyl (C=O) groups excluding carboxylic acids is 1. The van der Waals surface area contributed by atoms with Crippen molar-refractivity contribution in [2.75, 3.05) is 45.3 Å². The lowest BCUT2D eigenvalue weighted by molar-refractivity contribution is -0.150. The van der Waals surface area contributed by atoms with Crippen LogP contribution >= 0.6 is 0 Å². The summed E-state index contributed by atoms with van der Waals surface area (Å²) >= 11 is 0. The van der Waals surface area contributed by atoms with Crippen molar-refractivity contribution < 1.29 is 9.53 Å². The third-order valence-corrected chi connectivity index (χ3v) is 7.11. The average molecular weight is 437 g/mol. The number of nitrogens with zero attached hydrogens (tertiary/aromatic N) is 4. The van der Waals surface area contributed by atoms with Crippen LogP contribution in [0.5, 0.6) is 0 Å². The Labute approximate surface area is 192 Å². The molecule has 1 unspecified atom stereocenters. The highest BCUT2D eigenvalue weighted by Crippen LogP contribution is 2.40. The quantitative estimate of drug-likeness (QED) is 0.714. The number of hydrogen-bond acceptors (Lipinski definition) is 5. The van der Waals surface area contributed by atoms with Crippen LogP contribution in [0.25, 0.3) is 0 Å². The minimum atomic E-state index is -0.389. The maximum Gasteiger partial charge on any atom is 0.229 e. The molecule has 0 aliphatic carbocycles. The maximum atomic E-state index is 14.1. The van der Waals surface area contributed by atoms with Gasteiger partial charge in [0.2, 0.25) is 5.91 Å². The summed E-state index contributed by atoms with van der Waals surface area (Å²) in [5.41, 5.74) is 1.55. The Morgan fingerprint density at radius 2 is 1.84 bits per heavy atom. The van der Waals surface area contributed by atoms with Gasteiger partial charge in [0.05, 0.1) is 5.41 Å². The zero-order valence-corrected chi connectivity index (χ0v) is 19.9. The molecule has 1 aromatic carbocycles. The topological polar surface area (TPSA) is 58.6 Å². The summed E-state index contributed by atoms with van der Waals surface area (Å²) in [7, 11) is 4.01. The monoisotopic (exact) mass is 436 g/mol. The predicted molar refractivity (Wildman–Crippen MR) is 127 cm³/mol. The molecule has 0 N–H and O–H groups in total. The van der Waals surface area contributed by atoms with Gasteiger partial charge in [-0.2, -0.15) is 0 Å². The predicted octanol–water partition coefficient (Wildman–Crippen LogP) is 3.77. The molecule has 1 amide bonds. The number of anilines is 1. The van der Waals surface area contributed by atoms with Crippen LogP contribution in [0.1, 0.15) is 49.7 Å². The molecular weight excluding hydrogens is 400 g/mol. The molecule has 0 saturated carbocycles. The van der Waals surface area contributed by atoms with Gasteiger partial charge >= 0.3 is 0 Å². The zero-order chi connectivity index (χ0) is 22.8. The highest BCUT2D eigenvalue weighted by Gasteiger charge is 2.46. The van der Waals surface area contributed by atoms with Gasteiger partial charge in [0.1, 0.15) is 11.6 Å². The van der Waals surface area contributed by atoms with Gasteiger partial charge < -0.3 is 14.5 Å². The van der Waals surface area contributed by atoms with E-state index in [9.17, 15) is 4.79 Å². The molecule has 1 aromatic heterocycles. The first-order valence-corrected chi connectivity index (χ1v) is 11.8. The van der Waals surface area contributed by atoms with Crippen LogP contribution in [0.4, 0.5) is 5.82 Å². The summed E-state index contributed by atoms with van der Waals surface area (Å²) in [5.74, 6) is 2.04. The van der Waals surface area contributed by atoms with E-state index < -0.39 is 0 Å². The second-order valence-corrected chi connectivity index (χ2v) is 10.0. The fourth-order valence-corrected chi connectivity index (χ4v) is 5.20. The number of carbonyl (C=O) groups is 1. The molecule has 6 heteroatoms. The number of amides is 1. The zero-order valence-electron chi connectivity index (χ0n) is 19.9. The van der Waals surface area contributed by atoms with Gasteiger partial charge in [-0.25, -0.2) is 9.97 Å². The summed E-state index contributed by atoms with van der Waals surface area (Å²) in [5, 5.41) is 0. The molecule has 6 nitrogen and oxygen atoms in total. The van der Waals surface area contributed by atoms with Crippen LogP contribution in [0.15, 0.2) is 36.4 Å². The molecular formula is C26H36N4O2. The summed E-state index contributed by atoms with van der Waals surface area (Å²) in [6.07, 6.45) is 4.28. The molecule has 2 fully saturated rings. The minimum Gasteiger partial charge on any atom is -0.381 e. The van der Waals surface area contributed by atoms with Crippen LogP contribution < -0.4 is 4.90 Å². The third-order valence-electron chi connectivity index (χ3n) is 7.11. The standard InChI is InChI=1S/C26H36N4O2/c1-20-17-22(29(3)4)28-23(27-20)25(2)11-8-14-30(19-25)24(31)26(12-15-32-16-13-26)18-21-9-6-5-7-10-21/h5-7,9-10,17H,8,11-16,18-19H2,1-4H3. The summed E-state index contributed by atoms with van der Waals surface area (Å²) in [6.45, 7) is 7.00. The number of piperidine rings is 1. The van der Waals surface area contributed by atoms with Crippen LogP contribution in [0.2, 0.25) is 0 Å². The van der Waals surface area contributed by atoms with E-state index >= 15 is 0 Å². The summed E-state index contributed by atoms with van der Waals surface area (Å²) in [6, 6.07) is 12.4. The van der Waals surface area contributed by atoms with Crippen molar-refractivity contribution in [1.82, 2.24) is 14.9 Å². The normalized spacial score (nSPS) is 23.1. The smallest absolute Gasteiger partial charge is 0.229 e. The van der Waals surface area contributed by atoms with Crippen molar-refractivity contribution >= 4 is 11.7 Å². The van der Waals surface area contributed by atoms with Gasteiger partial charge in [-0.05, 0) is 44.6 Å². The number of likely N-dealkylation sites (tertiary alicyclic amines) is 1. The lowest BCUT2D eigenvalue weighted by Crippen LogP contribution is -2.54. The van der Waals surface area contributed by atoms with E-state index in [4.69, 9.17) is 14.7 Å². The van der Waals surface area contributed by atoms with Gasteiger partial charge in [0, 0.05) is 57.6 Å². The molecule has 4 rings (SSSR count). The van der Waals surface area contributed by atoms with Crippen molar-refractivity contribution in [3.8, 4) is 0 Å². The van der Waals surface area contributed by atoms with Crippen LogP contribution in [-0.2, 0) is 21.4 Å². The van der Waals surface area contributed by atoms with Crippen molar-refractivity contribution in [3.63, 3.8) is 0 Å². The molecule has 2 aromatic rings. The Kier molecular flexibility index (Phi) is 6.52. The van der Waals surface area contributed by atoms with Crippen molar-refractivity contribution in [2.45, 2.75) is 51.4 Å². The van der Waals surface area contributed by atoms with E-state index in [-0.39, 0.29) is 16.7 Å². The lowest BCUT2D eigenvalue weighted by Gasteiger charge is -2.45. The van der Waals surface area contributed by atoms with Crippen molar-refractivity contribution in [1.29, 1.82) is 0 Å². The first-order valence-electron chi connectivity index (χ1n) is 11.8. The number of aromatic nitrogens is 2. The van der Waals surface area contributed by atoms with E-state index in [1.54, 1.807) is 0 Å². The van der Waals surface area contributed by atoms with Gasteiger partial charge in [0.15, 0.2) is 0 Å². The summed E-state index contributed by atoms with van der Waals surface area (Å²) < 4.78 is 5.66. The third kappa shape index (κ3) is 4.65. The van der Waals surface area contributed by atoms with Gasteiger partial charge in [-0.15, -0.1) is 0 Å². The molecule has 2 saturated heterocycles. The van der Waals surface area contributed by atoms with Crippen LogP contribution in [-0.4, -0.2) is 61.2 Å². The average Bonchev–Trinajstić information content (AvgIpc) is 2.79. The van der Waals surface area contributed by atoms with E-state index in [0.29, 0.717) is 19.8 Å². The fourth-order valence-electron chi connectivity index (χ4n) is 5.20. The molecule has 0 spiro atoms. The van der Waals surface area contributed by atoms with E-state index in [1.807, 2.05) is 38.1 Å². The first-order chi connectivity index (χ1) is 15.3. The SMILES string of the molecule is Cc1cc(N(C)C)nc(C2(C)CCCN(C(=O)C3(Cc4ccccc4)CCOCC3)C2)n1. The Hall–Kier alpha value is -2.47. The Morgan fingerprint density at radius 1 is 1.12 bits per heavy atom. The Morgan fingerprint density at radius 3 is 2.53 bits per heavy atom. The number of benzene rings is 1. The van der Waals surface area contributed by atoms with Gasteiger partial charge in [-0.3, -0.25) is 4.79 Å². The molecule has 2 aliphatic rings. The number of rotatable bonds is 5. The maximum absolute atomic E-state index is 14.1. The lowest BCUT2D eigenvalue weighted by atomic mass is 9.72. The number of hydrogen-bond donors (Lipinski definition) is 0. The van der Waals surface area contributed by atoms with Gasteiger partial charge in [0.25, 0.3) is 0 Å². The largest absolute Gasteiger partial charge is 0.381 e. The van der Waals surface area contributed by atoms with E-state index in [2.05, 4.69) is 36.1 Å². The minimum absolute atomic E-state index is 0.246. The molecule has 3 heterocycles. The second kappa shape index (κ2) is 9.18.